The van der Waals surface area contributed by atoms with Gasteiger partial charge >= 0.3 is 8.80 Å². The van der Waals surface area contributed by atoms with Crippen molar-refractivity contribution in [2.75, 3.05) is 26.4 Å². The van der Waals surface area contributed by atoms with Gasteiger partial charge in [-0.1, -0.05) is 23.8 Å². The summed E-state index contributed by atoms with van der Waals surface area (Å²) in [6, 6.07) is 0.799. The fraction of sp³-hybridized carbons (Fsp3) is 0.706. The summed E-state index contributed by atoms with van der Waals surface area (Å²) >= 11 is 0. The first-order valence-corrected chi connectivity index (χ1v) is 10.6. The SMILES string of the molecule is CCO[Si](CCCCNC(=O)CC1=CC=CC1)(OCC)OCC. The normalized spacial score (nSPS) is 14.1. The van der Waals surface area contributed by atoms with Gasteiger partial charge in [-0.05, 0) is 40.0 Å². The molecule has 132 valence electrons. The Balaban J connectivity index is 2.23. The van der Waals surface area contributed by atoms with Crippen LogP contribution in [0.4, 0.5) is 0 Å². The maximum Gasteiger partial charge on any atom is 0.500 e. The van der Waals surface area contributed by atoms with Gasteiger partial charge in [-0.25, -0.2) is 0 Å². The predicted molar refractivity (Wildman–Crippen MR) is 94.1 cm³/mol. The Morgan fingerprint density at radius 2 is 1.78 bits per heavy atom. The number of allylic oxidation sites excluding steroid dienone is 3. The van der Waals surface area contributed by atoms with Crippen molar-refractivity contribution >= 4 is 14.7 Å². The smallest absolute Gasteiger partial charge is 0.374 e. The molecule has 0 aromatic heterocycles. The lowest BCUT2D eigenvalue weighted by molar-refractivity contribution is -0.120. The minimum absolute atomic E-state index is 0.0999. The molecule has 1 aliphatic rings. The highest BCUT2D eigenvalue weighted by Gasteiger charge is 2.39. The van der Waals surface area contributed by atoms with Gasteiger partial charge in [0.25, 0.3) is 0 Å². The molecule has 0 aromatic rings. The third kappa shape index (κ3) is 7.92. The molecule has 0 unspecified atom stereocenters. The van der Waals surface area contributed by atoms with Crippen LogP contribution >= 0.6 is 0 Å². The number of hydrogen-bond donors (Lipinski definition) is 1. The molecule has 23 heavy (non-hydrogen) atoms. The molecule has 0 atom stereocenters. The first kappa shape index (κ1) is 20.1. The fourth-order valence-corrected chi connectivity index (χ4v) is 5.27. The number of nitrogens with one attached hydrogen (secondary N) is 1. The van der Waals surface area contributed by atoms with Gasteiger partial charge in [0.05, 0.1) is 0 Å². The van der Waals surface area contributed by atoms with Gasteiger partial charge in [0.1, 0.15) is 0 Å². The van der Waals surface area contributed by atoms with Crippen molar-refractivity contribution < 1.29 is 18.1 Å². The third-order valence-electron chi connectivity index (χ3n) is 3.56. The molecule has 1 aliphatic carbocycles. The zero-order valence-electron chi connectivity index (χ0n) is 14.7. The summed E-state index contributed by atoms with van der Waals surface area (Å²) in [5.41, 5.74) is 1.18. The minimum Gasteiger partial charge on any atom is -0.374 e. The van der Waals surface area contributed by atoms with E-state index in [0.717, 1.165) is 25.3 Å². The second-order valence-corrected chi connectivity index (χ2v) is 8.16. The topological polar surface area (TPSA) is 56.8 Å². The number of hydrogen-bond acceptors (Lipinski definition) is 4. The van der Waals surface area contributed by atoms with E-state index in [1.165, 1.54) is 5.57 Å². The summed E-state index contributed by atoms with van der Waals surface area (Å²) in [4.78, 5) is 11.8. The largest absolute Gasteiger partial charge is 0.500 e. The maximum atomic E-state index is 11.8. The highest BCUT2D eigenvalue weighted by molar-refractivity contribution is 6.60. The Bertz CT molecular complexity index is 392. The fourth-order valence-electron chi connectivity index (χ4n) is 2.59. The van der Waals surface area contributed by atoms with E-state index in [4.69, 9.17) is 13.3 Å². The summed E-state index contributed by atoms with van der Waals surface area (Å²) in [5, 5.41) is 2.98. The zero-order valence-corrected chi connectivity index (χ0v) is 15.7. The van der Waals surface area contributed by atoms with Gasteiger partial charge in [-0.3, -0.25) is 4.79 Å². The average Bonchev–Trinajstić information content (AvgIpc) is 3.00. The van der Waals surface area contributed by atoms with Crippen molar-refractivity contribution in [1.29, 1.82) is 0 Å². The molecule has 0 heterocycles. The molecular weight excluding hydrogens is 310 g/mol. The molecule has 6 heteroatoms. The van der Waals surface area contributed by atoms with Crippen LogP contribution in [0.3, 0.4) is 0 Å². The van der Waals surface area contributed by atoms with Crippen molar-refractivity contribution in [2.45, 2.75) is 52.5 Å². The van der Waals surface area contributed by atoms with Crippen LogP contribution in [-0.4, -0.2) is 41.1 Å². The Kier molecular flexibility index (Phi) is 10.1. The molecule has 0 aromatic carbocycles. The van der Waals surface area contributed by atoms with Gasteiger partial charge in [0, 0.05) is 38.8 Å². The van der Waals surface area contributed by atoms with Crippen LogP contribution in [-0.2, 0) is 18.1 Å². The summed E-state index contributed by atoms with van der Waals surface area (Å²) in [6.45, 7) is 8.39. The lowest BCUT2D eigenvalue weighted by Gasteiger charge is -2.28. The first-order chi connectivity index (χ1) is 11.2. The zero-order chi connectivity index (χ0) is 17.0. The minimum atomic E-state index is -2.53. The van der Waals surface area contributed by atoms with E-state index in [-0.39, 0.29) is 5.91 Å². The van der Waals surface area contributed by atoms with E-state index in [9.17, 15) is 4.79 Å². The molecule has 0 fully saturated rings. The van der Waals surface area contributed by atoms with Crippen LogP contribution < -0.4 is 5.32 Å². The van der Waals surface area contributed by atoms with Gasteiger partial charge in [-0.2, -0.15) is 0 Å². The monoisotopic (exact) mass is 341 g/mol. The molecule has 1 amide bonds. The molecule has 5 nitrogen and oxygen atoms in total. The van der Waals surface area contributed by atoms with Gasteiger partial charge in [-0.15, -0.1) is 0 Å². The Morgan fingerprint density at radius 1 is 1.13 bits per heavy atom. The number of amides is 1. The quantitative estimate of drug-likeness (QED) is 0.413. The van der Waals surface area contributed by atoms with E-state index in [2.05, 4.69) is 11.4 Å². The average molecular weight is 342 g/mol. The second-order valence-electron chi connectivity index (χ2n) is 5.42. The van der Waals surface area contributed by atoms with Crippen molar-refractivity contribution in [1.82, 2.24) is 5.32 Å². The van der Waals surface area contributed by atoms with E-state index in [0.29, 0.717) is 32.8 Å². The van der Waals surface area contributed by atoms with Crippen molar-refractivity contribution in [3.8, 4) is 0 Å². The van der Waals surface area contributed by atoms with Crippen LogP contribution in [0.1, 0.15) is 46.5 Å². The van der Waals surface area contributed by atoms with Crippen LogP contribution in [0.2, 0.25) is 6.04 Å². The highest BCUT2D eigenvalue weighted by Crippen LogP contribution is 2.19. The second kappa shape index (κ2) is 11.6. The van der Waals surface area contributed by atoms with Crippen LogP contribution in [0.15, 0.2) is 23.8 Å². The molecule has 1 rings (SSSR count). The molecule has 1 N–H and O–H groups in total. The van der Waals surface area contributed by atoms with Crippen molar-refractivity contribution in [2.24, 2.45) is 0 Å². The van der Waals surface area contributed by atoms with Gasteiger partial charge in [0.15, 0.2) is 0 Å². The molecular formula is C17H31NO4Si. The molecule has 0 aliphatic heterocycles. The van der Waals surface area contributed by atoms with E-state index < -0.39 is 8.80 Å². The Hall–Kier alpha value is -0.953. The first-order valence-electron chi connectivity index (χ1n) is 8.69. The number of rotatable bonds is 13. The standard InChI is InChI=1S/C17H31NO4Si/c1-4-20-23(21-5-2,22-6-3)14-10-9-13-18-17(19)15-16-11-7-8-12-16/h7-8,11H,4-6,9-10,12-15H2,1-3H3,(H,18,19). The summed E-state index contributed by atoms with van der Waals surface area (Å²) < 4.78 is 17.5. The molecule has 0 saturated heterocycles. The van der Waals surface area contributed by atoms with Gasteiger partial charge in [0.2, 0.25) is 5.91 Å². The number of carbonyl (C=O) groups is 1. The molecule has 0 radical (unpaired) electrons. The summed E-state index contributed by atoms with van der Waals surface area (Å²) in [7, 11) is -2.53. The van der Waals surface area contributed by atoms with Gasteiger partial charge < -0.3 is 18.6 Å². The molecule has 0 bridgehead atoms. The number of unbranched alkanes of at least 4 members (excludes halogenated alkanes) is 1. The maximum absolute atomic E-state index is 11.8. The van der Waals surface area contributed by atoms with Crippen molar-refractivity contribution in [3.63, 3.8) is 0 Å². The summed E-state index contributed by atoms with van der Waals surface area (Å²) in [5.74, 6) is 0.0999. The molecule has 0 saturated carbocycles. The van der Waals surface area contributed by atoms with Crippen LogP contribution in [0.25, 0.3) is 0 Å². The van der Waals surface area contributed by atoms with E-state index in [1.54, 1.807) is 0 Å². The summed E-state index contributed by atoms with van der Waals surface area (Å²) in [6.07, 6.45) is 9.33. The lowest BCUT2D eigenvalue weighted by Crippen LogP contribution is -2.46. The third-order valence-corrected chi connectivity index (χ3v) is 6.71. The Morgan fingerprint density at radius 3 is 2.30 bits per heavy atom. The predicted octanol–water partition coefficient (Wildman–Crippen LogP) is 3.21. The van der Waals surface area contributed by atoms with E-state index >= 15 is 0 Å². The molecule has 0 spiro atoms. The lowest BCUT2D eigenvalue weighted by atomic mass is 10.1. The van der Waals surface area contributed by atoms with Crippen LogP contribution in [0.5, 0.6) is 0 Å². The van der Waals surface area contributed by atoms with Crippen LogP contribution in [0, 0.1) is 0 Å². The highest BCUT2D eigenvalue weighted by atomic mass is 28.4. The Labute approximate surface area is 141 Å². The van der Waals surface area contributed by atoms with Crippen molar-refractivity contribution in [3.05, 3.63) is 23.8 Å². The van der Waals surface area contributed by atoms with E-state index in [1.807, 2.05) is 32.9 Å². The number of carbonyl (C=O) groups excluding carboxylic acids is 1.